The molecule has 0 aromatic heterocycles. The largest absolute Gasteiger partial charge is 0.489 e. The van der Waals surface area contributed by atoms with Crippen LogP contribution in [0.25, 0.3) is 11.1 Å². The molecular formula is C25H25NO5. The molecule has 160 valence electrons. The molecule has 0 radical (unpaired) electrons. The van der Waals surface area contributed by atoms with Gasteiger partial charge in [0, 0.05) is 23.2 Å². The van der Waals surface area contributed by atoms with Gasteiger partial charge >= 0.3 is 5.97 Å². The Morgan fingerprint density at radius 2 is 1.97 bits per heavy atom. The van der Waals surface area contributed by atoms with Crippen LogP contribution in [0.3, 0.4) is 0 Å². The zero-order valence-corrected chi connectivity index (χ0v) is 17.3. The molecule has 1 atom stereocenters. The highest BCUT2D eigenvalue weighted by atomic mass is 16.5. The van der Waals surface area contributed by atoms with Gasteiger partial charge in [-0.25, -0.2) is 0 Å². The van der Waals surface area contributed by atoms with E-state index >= 15 is 0 Å². The summed E-state index contributed by atoms with van der Waals surface area (Å²) in [6.07, 6.45) is -0.815. The van der Waals surface area contributed by atoms with Gasteiger partial charge in [0.05, 0.1) is 12.5 Å². The SMILES string of the molecule is C[C@H](O)c1ccc(CC(=O)O)c(OCc2ccc3c(c2)-c2cccc(CN)c2OC3)c1. The summed E-state index contributed by atoms with van der Waals surface area (Å²) in [5, 5.41) is 19.1. The van der Waals surface area contributed by atoms with Crippen molar-refractivity contribution in [3.63, 3.8) is 0 Å². The van der Waals surface area contributed by atoms with Crippen molar-refractivity contribution in [1.82, 2.24) is 0 Å². The number of aliphatic hydroxyl groups excluding tert-OH is 1. The summed E-state index contributed by atoms with van der Waals surface area (Å²) in [6, 6.07) is 17.2. The lowest BCUT2D eigenvalue weighted by atomic mass is 9.93. The molecule has 0 fully saturated rings. The smallest absolute Gasteiger partial charge is 0.307 e. The van der Waals surface area contributed by atoms with E-state index in [0.29, 0.717) is 30.0 Å². The van der Waals surface area contributed by atoms with Gasteiger partial charge in [-0.3, -0.25) is 4.79 Å². The number of fused-ring (bicyclic) bond motifs is 3. The minimum atomic E-state index is -0.934. The number of aliphatic hydroxyl groups is 1. The van der Waals surface area contributed by atoms with Gasteiger partial charge in [0.25, 0.3) is 0 Å². The van der Waals surface area contributed by atoms with Gasteiger partial charge in [0.1, 0.15) is 24.7 Å². The third-order valence-electron chi connectivity index (χ3n) is 5.46. The summed E-state index contributed by atoms with van der Waals surface area (Å²) in [5.74, 6) is 0.354. The topological polar surface area (TPSA) is 102 Å². The molecule has 0 amide bonds. The van der Waals surface area contributed by atoms with Crippen molar-refractivity contribution >= 4 is 5.97 Å². The maximum atomic E-state index is 11.2. The Kier molecular flexibility index (Phi) is 5.93. The number of nitrogens with two attached hydrogens (primary N) is 1. The summed E-state index contributed by atoms with van der Waals surface area (Å²) in [7, 11) is 0. The van der Waals surface area contributed by atoms with Gasteiger partial charge in [0.15, 0.2) is 0 Å². The second-order valence-electron chi connectivity index (χ2n) is 7.68. The van der Waals surface area contributed by atoms with Crippen molar-refractivity contribution in [2.75, 3.05) is 0 Å². The van der Waals surface area contributed by atoms with E-state index in [0.717, 1.165) is 33.6 Å². The monoisotopic (exact) mass is 419 g/mol. The van der Waals surface area contributed by atoms with Gasteiger partial charge in [-0.1, -0.05) is 42.5 Å². The number of benzene rings is 3. The quantitative estimate of drug-likeness (QED) is 0.536. The van der Waals surface area contributed by atoms with E-state index in [2.05, 4.69) is 6.07 Å². The first-order valence-corrected chi connectivity index (χ1v) is 10.2. The fourth-order valence-corrected chi connectivity index (χ4v) is 3.80. The van der Waals surface area contributed by atoms with E-state index < -0.39 is 12.1 Å². The predicted octanol–water partition coefficient (Wildman–Crippen LogP) is 3.96. The molecule has 4 rings (SSSR count). The molecule has 1 aliphatic heterocycles. The normalized spacial score (nSPS) is 13.0. The first-order chi connectivity index (χ1) is 15.0. The molecule has 0 aliphatic carbocycles. The lowest BCUT2D eigenvalue weighted by Crippen LogP contribution is -2.10. The molecule has 0 saturated heterocycles. The van der Waals surface area contributed by atoms with E-state index in [4.69, 9.17) is 15.2 Å². The van der Waals surface area contributed by atoms with Crippen LogP contribution in [0.4, 0.5) is 0 Å². The number of hydrogen-bond donors (Lipinski definition) is 3. The third-order valence-corrected chi connectivity index (χ3v) is 5.46. The minimum Gasteiger partial charge on any atom is -0.489 e. The molecule has 1 aliphatic rings. The predicted molar refractivity (Wildman–Crippen MR) is 117 cm³/mol. The van der Waals surface area contributed by atoms with E-state index in [1.807, 2.05) is 30.3 Å². The van der Waals surface area contributed by atoms with Crippen LogP contribution in [-0.4, -0.2) is 16.2 Å². The van der Waals surface area contributed by atoms with E-state index in [-0.39, 0.29) is 13.0 Å². The molecule has 3 aromatic rings. The number of ether oxygens (including phenoxy) is 2. The van der Waals surface area contributed by atoms with Gasteiger partial charge < -0.3 is 25.4 Å². The average Bonchev–Trinajstić information content (AvgIpc) is 2.77. The minimum absolute atomic E-state index is 0.147. The van der Waals surface area contributed by atoms with Crippen LogP contribution in [0.5, 0.6) is 11.5 Å². The standard InChI is InChI=1S/C25H25NO5/c1-15(27)17-7-8-18(11-24(28)29)23(10-17)30-13-16-5-6-20-14-31-25-19(12-26)3-2-4-21(25)22(20)9-16/h2-10,15,27H,11-14,26H2,1H3,(H,28,29)/t15-/m0/s1. The number of carbonyl (C=O) groups is 1. The van der Waals surface area contributed by atoms with E-state index in [9.17, 15) is 15.0 Å². The highest BCUT2D eigenvalue weighted by molar-refractivity contribution is 5.77. The summed E-state index contributed by atoms with van der Waals surface area (Å²) in [6.45, 7) is 2.83. The molecule has 0 bridgehead atoms. The van der Waals surface area contributed by atoms with Crippen LogP contribution in [0, 0.1) is 0 Å². The van der Waals surface area contributed by atoms with Gasteiger partial charge in [-0.15, -0.1) is 0 Å². The zero-order valence-electron chi connectivity index (χ0n) is 17.3. The first-order valence-electron chi connectivity index (χ1n) is 10.2. The van der Waals surface area contributed by atoms with Crippen molar-refractivity contribution < 1.29 is 24.5 Å². The fourth-order valence-electron chi connectivity index (χ4n) is 3.80. The van der Waals surface area contributed by atoms with E-state index in [1.54, 1.807) is 25.1 Å². The number of para-hydroxylation sites is 1. The van der Waals surface area contributed by atoms with Crippen LogP contribution in [0.15, 0.2) is 54.6 Å². The van der Waals surface area contributed by atoms with Crippen LogP contribution >= 0.6 is 0 Å². The van der Waals surface area contributed by atoms with Crippen LogP contribution < -0.4 is 15.2 Å². The second kappa shape index (κ2) is 8.79. The zero-order chi connectivity index (χ0) is 22.0. The molecule has 0 saturated carbocycles. The maximum Gasteiger partial charge on any atom is 0.307 e. The average molecular weight is 419 g/mol. The molecule has 6 nitrogen and oxygen atoms in total. The Hall–Kier alpha value is -3.35. The molecule has 0 spiro atoms. The maximum absolute atomic E-state index is 11.2. The molecule has 1 heterocycles. The molecule has 3 aromatic carbocycles. The Morgan fingerprint density at radius 3 is 2.71 bits per heavy atom. The highest BCUT2D eigenvalue weighted by Gasteiger charge is 2.20. The van der Waals surface area contributed by atoms with Gasteiger partial charge in [-0.2, -0.15) is 0 Å². The Bertz CT molecular complexity index is 1120. The van der Waals surface area contributed by atoms with Crippen LogP contribution in [-0.2, 0) is 31.0 Å². The van der Waals surface area contributed by atoms with Crippen molar-refractivity contribution in [2.24, 2.45) is 5.73 Å². The van der Waals surface area contributed by atoms with Crippen LogP contribution in [0.2, 0.25) is 0 Å². The van der Waals surface area contributed by atoms with Crippen molar-refractivity contribution in [1.29, 1.82) is 0 Å². The summed E-state index contributed by atoms with van der Waals surface area (Å²) < 4.78 is 12.0. The molecule has 0 unspecified atom stereocenters. The summed E-state index contributed by atoms with van der Waals surface area (Å²) >= 11 is 0. The number of rotatable bonds is 7. The van der Waals surface area contributed by atoms with Crippen molar-refractivity contribution in [2.45, 2.75) is 39.2 Å². The highest BCUT2D eigenvalue weighted by Crippen LogP contribution is 2.40. The number of hydrogen-bond acceptors (Lipinski definition) is 5. The molecule has 31 heavy (non-hydrogen) atoms. The Balaban J connectivity index is 1.62. The summed E-state index contributed by atoms with van der Waals surface area (Å²) in [5.41, 5.74) is 12.2. The molecule has 4 N–H and O–H groups in total. The van der Waals surface area contributed by atoms with Gasteiger partial charge in [-0.05, 0) is 41.3 Å². The second-order valence-corrected chi connectivity index (χ2v) is 7.68. The Labute approximate surface area is 180 Å². The van der Waals surface area contributed by atoms with Crippen LogP contribution in [0.1, 0.15) is 40.8 Å². The Morgan fingerprint density at radius 1 is 1.13 bits per heavy atom. The number of carboxylic acid groups (broad SMARTS) is 1. The number of aliphatic carboxylic acids is 1. The summed E-state index contributed by atoms with van der Waals surface area (Å²) in [4.78, 5) is 11.2. The van der Waals surface area contributed by atoms with Gasteiger partial charge in [0.2, 0.25) is 0 Å². The lowest BCUT2D eigenvalue weighted by molar-refractivity contribution is -0.136. The number of carboxylic acids is 1. The van der Waals surface area contributed by atoms with Crippen molar-refractivity contribution in [3.8, 4) is 22.6 Å². The van der Waals surface area contributed by atoms with E-state index in [1.165, 1.54) is 0 Å². The lowest BCUT2D eigenvalue weighted by Gasteiger charge is -2.23. The molecule has 6 heteroatoms. The fraction of sp³-hybridized carbons (Fsp3) is 0.240. The third kappa shape index (κ3) is 4.40. The first kappa shape index (κ1) is 20.9. The van der Waals surface area contributed by atoms with Crippen molar-refractivity contribution in [3.05, 3.63) is 82.4 Å². The molecular weight excluding hydrogens is 394 g/mol.